The average Bonchev–Trinajstić information content (AvgIpc) is 2.89. The van der Waals surface area contributed by atoms with Crippen LogP contribution in [0.3, 0.4) is 0 Å². The summed E-state index contributed by atoms with van der Waals surface area (Å²) in [6.07, 6.45) is 5.04. The molecule has 0 saturated carbocycles. The molecule has 1 N–H and O–H groups in total. The number of aromatic nitrogens is 5. The number of nitrogens with one attached hydrogen (secondary N) is 1. The molecule has 18 heavy (non-hydrogen) atoms. The molecular formula is C12H8ClN5. The van der Waals surface area contributed by atoms with Crippen molar-refractivity contribution in [2.75, 3.05) is 0 Å². The number of nitrogens with zero attached hydrogens (tertiary/aromatic N) is 4. The summed E-state index contributed by atoms with van der Waals surface area (Å²) in [7, 11) is 0. The highest BCUT2D eigenvalue weighted by atomic mass is 35.5. The van der Waals surface area contributed by atoms with Gasteiger partial charge in [-0.15, -0.1) is 0 Å². The van der Waals surface area contributed by atoms with Crippen molar-refractivity contribution >= 4 is 11.6 Å². The van der Waals surface area contributed by atoms with Crippen LogP contribution in [0.1, 0.15) is 0 Å². The van der Waals surface area contributed by atoms with Gasteiger partial charge < -0.3 is 0 Å². The van der Waals surface area contributed by atoms with Gasteiger partial charge in [-0.2, -0.15) is 5.10 Å². The van der Waals surface area contributed by atoms with Gasteiger partial charge in [0.2, 0.25) is 5.28 Å². The van der Waals surface area contributed by atoms with E-state index in [0.717, 1.165) is 17.0 Å². The van der Waals surface area contributed by atoms with Gasteiger partial charge in [-0.1, -0.05) is 6.07 Å². The van der Waals surface area contributed by atoms with Crippen molar-refractivity contribution in [2.45, 2.75) is 0 Å². The molecule has 0 aliphatic carbocycles. The van der Waals surface area contributed by atoms with E-state index in [1.165, 1.54) is 0 Å². The van der Waals surface area contributed by atoms with Crippen LogP contribution in [-0.2, 0) is 0 Å². The van der Waals surface area contributed by atoms with Gasteiger partial charge in [-0.3, -0.25) is 10.1 Å². The SMILES string of the molecule is Clc1nccc(-c2cn[nH]c2-c2ccccn2)n1. The first-order valence-corrected chi connectivity index (χ1v) is 5.66. The normalized spacial score (nSPS) is 10.5. The number of halogens is 1. The molecule has 88 valence electrons. The first kappa shape index (κ1) is 10.9. The number of hydrogen-bond donors (Lipinski definition) is 1. The molecule has 0 bridgehead atoms. The second-order valence-corrected chi connectivity index (χ2v) is 3.92. The fourth-order valence-electron chi connectivity index (χ4n) is 1.67. The second kappa shape index (κ2) is 4.54. The van der Waals surface area contributed by atoms with Gasteiger partial charge in [0, 0.05) is 18.0 Å². The molecule has 0 atom stereocenters. The molecule has 0 aromatic carbocycles. The third kappa shape index (κ3) is 1.96. The van der Waals surface area contributed by atoms with Crippen LogP contribution in [0.15, 0.2) is 42.9 Å². The van der Waals surface area contributed by atoms with Crippen LogP contribution in [0, 0.1) is 0 Å². The van der Waals surface area contributed by atoms with E-state index in [4.69, 9.17) is 11.6 Å². The van der Waals surface area contributed by atoms with E-state index in [0.29, 0.717) is 5.69 Å². The average molecular weight is 258 g/mol. The largest absolute Gasteiger partial charge is 0.276 e. The van der Waals surface area contributed by atoms with Gasteiger partial charge >= 0.3 is 0 Å². The van der Waals surface area contributed by atoms with Crippen LogP contribution in [0.25, 0.3) is 22.6 Å². The summed E-state index contributed by atoms with van der Waals surface area (Å²) >= 11 is 5.79. The predicted octanol–water partition coefficient (Wildman–Crippen LogP) is 2.58. The van der Waals surface area contributed by atoms with Gasteiger partial charge in [0.05, 0.1) is 23.3 Å². The fourth-order valence-corrected chi connectivity index (χ4v) is 1.82. The highest BCUT2D eigenvalue weighted by molar-refractivity contribution is 6.28. The topological polar surface area (TPSA) is 67.3 Å². The van der Waals surface area contributed by atoms with Crippen molar-refractivity contribution in [3.63, 3.8) is 0 Å². The lowest BCUT2D eigenvalue weighted by atomic mass is 10.1. The highest BCUT2D eigenvalue weighted by Crippen LogP contribution is 2.27. The van der Waals surface area contributed by atoms with Gasteiger partial charge in [-0.05, 0) is 29.8 Å². The van der Waals surface area contributed by atoms with E-state index in [9.17, 15) is 0 Å². The molecule has 0 aliphatic heterocycles. The molecule has 0 aliphatic rings. The molecule has 6 heteroatoms. The molecule has 3 aromatic heterocycles. The molecule has 3 aromatic rings. The zero-order valence-electron chi connectivity index (χ0n) is 9.21. The van der Waals surface area contributed by atoms with Crippen molar-refractivity contribution in [3.8, 4) is 22.6 Å². The Morgan fingerprint density at radius 3 is 2.72 bits per heavy atom. The number of H-pyrrole nitrogens is 1. The molecule has 0 spiro atoms. The summed E-state index contributed by atoms with van der Waals surface area (Å²) in [5, 5.41) is 7.17. The van der Waals surface area contributed by atoms with Gasteiger partial charge in [0.1, 0.15) is 0 Å². The Morgan fingerprint density at radius 2 is 1.94 bits per heavy atom. The van der Waals surface area contributed by atoms with Crippen LogP contribution in [0.5, 0.6) is 0 Å². The Kier molecular flexibility index (Phi) is 2.74. The number of pyridine rings is 1. The van der Waals surface area contributed by atoms with Gasteiger partial charge in [0.15, 0.2) is 0 Å². The maximum Gasteiger partial charge on any atom is 0.222 e. The number of hydrogen-bond acceptors (Lipinski definition) is 4. The summed E-state index contributed by atoms with van der Waals surface area (Å²) < 4.78 is 0. The predicted molar refractivity (Wildman–Crippen MR) is 67.9 cm³/mol. The maximum absolute atomic E-state index is 5.79. The Hall–Kier alpha value is -2.27. The van der Waals surface area contributed by atoms with Crippen molar-refractivity contribution in [3.05, 3.63) is 48.1 Å². The fraction of sp³-hybridized carbons (Fsp3) is 0. The minimum Gasteiger partial charge on any atom is -0.276 e. The van der Waals surface area contributed by atoms with E-state index < -0.39 is 0 Å². The van der Waals surface area contributed by atoms with Crippen molar-refractivity contribution in [2.24, 2.45) is 0 Å². The van der Waals surface area contributed by atoms with Crippen LogP contribution in [-0.4, -0.2) is 25.1 Å². The molecule has 0 radical (unpaired) electrons. The smallest absolute Gasteiger partial charge is 0.222 e. The summed E-state index contributed by atoms with van der Waals surface area (Å²) in [6, 6.07) is 7.46. The summed E-state index contributed by atoms with van der Waals surface area (Å²) in [4.78, 5) is 12.3. The Morgan fingerprint density at radius 1 is 1.00 bits per heavy atom. The lowest BCUT2D eigenvalue weighted by Gasteiger charge is -2.01. The lowest BCUT2D eigenvalue weighted by molar-refractivity contribution is 1.09. The molecular weight excluding hydrogens is 250 g/mol. The molecule has 5 nitrogen and oxygen atoms in total. The lowest BCUT2D eigenvalue weighted by Crippen LogP contribution is -1.89. The highest BCUT2D eigenvalue weighted by Gasteiger charge is 2.12. The summed E-state index contributed by atoms with van der Waals surface area (Å²) in [6.45, 7) is 0. The Labute approximate surface area is 108 Å². The van der Waals surface area contributed by atoms with Crippen LogP contribution in [0.2, 0.25) is 5.28 Å². The van der Waals surface area contributed by atoms with Crippen molar-refractivity contribution in [1.29, 1.82) is 0 Å². The van der Waals surface area contributed by atoms with Gasteiger partial charge in [0.25, 0.3) is 0 Å². The van der Waals surface area contributed by atoms with Crippen molar-refractivity contribution < 1.29 is 0 Å². The van der Waals surface area contributed by atoms with E-state index in [-0.39, 0.29) is 5.28 Å². The number of rotatable bonds is 2. The number of aromatic amines is 1. The van der Waals surface area contributed by atoms with E-state index in [2.05, 4.69) is 25.1 Å². The molecule has 3 heterocycles. The quantitative estimate of drug-likeness (QED) is 0.717. The van der Waals surface area contributed by atoms with Crippen LogP contribution >= 0.6 is 11.6 Å². The third-order valence-electron chi connectivity index (χ3n) is 2.46. The Balaban J connectivity index is 2.13. The minimum absolute atomic E-state index is 0.209. The van der Waals surface area contributed by atoms with E-state index in [1.807, 2.05) is 18.2 Å². The zero-order valence-corrected chi connectivity index (χ0v) is 9.96. The third-order valence-corrected chi connectivity index (χ3v) is 2.64. The van der Waals surface area contributed by atoms with Crippen molar-refractivity contribution in [1.82, 2.24) is 25.1 Å². The zero-order chi connectivity index (χ0) is 12.4. The molecule has 0 unspecified atom stereocenters. The summed E-state index contributed by atoms with van der Waals surface area (Å²) in [5.41, 5.74) is 3.17. The van der Waals surface area contributed by atoms with Crippen LogP contribution in [0.4, 0.5) is 0 Å². The molecule has 0 saturated heterocycles. The summed E-state index contributed by atoms with van der Waals surface area (Å²) in [5.74, 6) is 0. The second-order valence-electron chi connectivity index (χ2n) is 3.58. The molecule has 3 rings (SSSR count). The maximum atomic E-state index is 5.79. The molecule has 0 amide bonds. The monoisotopic (exact) mass is 257 g/mol. The first-order valence-electron chi connectivity index (χ1n) is 5.28. The molecule has 0 fully saturated rings. The van der Waals surface area contributed by atoms with Crippen LogP contribution < -0.4 is 0 Å². The standard InChI is InChI=1S/C12H8ClN5/c13-12-15-6-4-9(17-12)8-7-16-18-11(8)10-3-1-2-5-14-10/h1-7H,(H,16,18). The Bertz CT molecular complexity index is 665. The first-order chi connectivity index (χ1) is 8.84. The van der Waals surface area contributed by atoms with E-state index in [1.54, 1.807) is 24.7 Å². The minimum atomic E-state index is 0.209. The van der Waals surface area contributed by atoms with Gasteiger partial charge in [-0.25, -0.2) is 9.97 Å². The van der Waals surface area contributed by atoms with E-state index >= 15 is 0 Å².